The van der Waals surface area contributed by atoms with Crippen molar-refractivity contribution in [1.29, 1.82) is 0 Å². The van der Waals surface area contributed by atoms with Crippen molar-refractivity contribution < 1.29 is 4.74 Å². The Hall–Kier alpha value is -2.73. The van der Waals surface area contributed by atoms with Crippen molar-refractivity contribution in [1.82, 2.24) is 14.6 Å². The van der Waals surface area contributed by atoms with E-state index in [4.69, 9.17) is 4.74 Å². The molecule has 0 aliphatic rings. The second-order valence-electron chi connectivity index (χ2n) is 4.76. The van der Waals surface area contributed by atoms with Gasteiger partial charge in [0.15, 0.2) is 0 Å². The van der Waals surface area contributed by atoms with Gasteiger partial charge in [-0.25, -0.2) is 4.98 Å². The van der Waals surface area contributed by atoms with E-state index < -0.39 is 0 Å². The minimum atomic E-state index is -0.142. The molecule has 0 bridgehead atoms. The maximum atomic E-state index is 12.5. The van der Waals surface area contributed by atoms with E-state index in [9.17, 15) is 4.79 Å². The highest BCUT2D eigenvalue weighted by Gasteiger charge is 2.11. The highest BCUT2D eigenvalue weighted by molar-refractivity contribution is 7.19. The van der Waals surface area contributed by atoms with Gasteiger partial charge in [-0.3, -0.25) is 4.79 Å². The number of hydrogen-bond donors (Lipinski definition) is 0. The Morgan fingerprint density at radius 2 is 1.86 bits per heavy atom. The monoisotopic (exact) mass is 309 g/mol. The third-order valence-corrected chi connectivity index (χ3v) is 4.40. The summed E-state index contributed by atoms with van der Waals surface area (Å²) in [4.78, 5) is 17.6. The molecule has 0 atom stereocenters. The zero-order valence-electron chi connectivity index (χ0n) is 11.7. The molecule has 5 nitrogen and oxygen atoms in total. The number of aromatic nitrogens is 3. The van der Waals surface area contributed by atoms with Crippen molar-refractivity contribution in [2.75, 3.05) is 7.11 Å². The number of nitrogens with zero attached hydrogens (tertiary/aromatic N) is 3. The van der Waals surface area contributed by atoms with E-state index in [1.807, 2.05) is 42.5 Å². The quantitative estimate of drug-likeness (QED) is 0.571. The van der Waals surface area contributed by atoms with Crippen LogP contribution in [0, 0.1) is 0 Å². The van der Waals surface area contributed by atoms with Crippen LogP contribution in [0.2, 0.25) is 0 Å². The fourth-order valence-corrected chi connectivity index (χ4v) is 3.21. The Morgan fingerprint density at radius 3 is 2.64 bits per heavy atom. The van der Waals surface area contributed by atoms with Crippen LogP contribution < -0.4 is 10.3 Å². The predicted octanol–water partition coefficient (Wildman–Crippen LogP) is 2.98. The van der Waals surface area contributed by atoms with E-state index in [1.54, 1.807) is 13.2 Å². The summed E-state index contributed by atoms with van der Waals surface area (Å²) in [6, 6.07) is 14.9. The van der Waals surface area contributed by atoms with Crippen molar-refractivity contribution >= 4 is 27.2 Å². The van der Waals surface area contributed by atoms with Gasteiger partial charge in [0.05, 0.1) is 18.0 Å². The standard InChI is InChI=1S/C16H11N3O2S/c1-21-11-8-6-10(7-9-11)14-18-19-15(20)12-4-2-3-5-13(12)17-16(19)22-14/h2-9H,1H3. The first-order valence-corrected chi connectivity index (χ1v) is 7.51. The summed E-state index contributed by atoms with van der Waals surface area (Å²) in [5.41, 5.74) is 1.48. The first-order chi connectivity index (χ1) is 10.8. The number of methoxy groups -OCH3 is 1. The Kier molecular flexibility index (Phi) is 2.90. The third-order valence-electron chi connectivity index (χ3n) is 3.44. The average molecular weight is 309 g/mol. The second-order valence-corrected chi connectivity index (χ2v) is 5.72. The van der Waals surface area contributed by atoms with Gasteiger partial charge in [0.25, 0.3) is 5.56 Å². The lowest BCUT2D eigenvalue weighted by Gasteiger charge is -1.99. The summed E-state index contributed by atoms with van der Waals surface area (Å²) in [6.45, 7) is 0. The lowest BCUT2D eigenvalue weighted by molar-refractivity contribution is 0.415. The minimum absolute atomic E-state index is 0.142. The molecule has 0 unspecified atom stereocenters. The first kappa shape index (κ1) is 13.0. The molecule has 108 valence electrons. The lowest BCUT2D eigenvalue weighted by atomic mass is 10.2. The van der Waals surface area contributed by atoms with Crippen LogP contribution in [0.25, 0.3) is 26.4 Å². The number of para-hydroxylation sites is 1. The molecule has 0 saturated heterocycles. The summed E-state index contributed by atoms with van der Waals surface area (Å²) >= 11 is 1.39. The Labute approximate surface area is 129 Å². The number of benzene rings is 2. The Morgan fingerprint density at radius 1 is 1.09 bits per heavy atom. The van der Waals surface area contributed by atoms with Gasteiger partial charge < -0.3 is 4.74 Å². The highest BCUT2D eigenvalue weighted by Crippen LogP contribution is 2.26. The second kappa shape index (κ2) is 4.92. The van der Waals surface area contributed by atoms with Crippen LogP contribution in [0.4, 0.5) is 0 Å². The Bertz CT molecular complexity index is 1030. The molecule has 22 heavy (non-hydrogen) atoms. The van der Waals surface area contributed by atoms with Crippen LogP contribution in [0.15, 0.2) is 53.3 Å². The van der Waals surface area contributed by atoms with Gasteiger partial charge in [0, 0.05) is 5.56 Å². The molecule has 4 rings (SSSR count). The molecule has 2 heterocycles. The van der Waals surface area contributed by atoms with E-state index in [0.717, 1.165) is 16.3 Å². The number of ether oxygens (including phenoxy) is 1. The lowest BCUT2D eigenvalue weighted by Crippen LogP contribution is -2.14. The molecular weight excluding hydrogens is 298 g/mol. The van der Waals surface area contributed by atoms with Crippen molar-refractivity contribution in [2.45, 2.75) is 0 Å². The molecule has 0 saturated carbocycles. The Balaban J connectivity index is 1.94. The largest absolute Gasteiger partial charge is 0.497 e. The summed E-state index contributed by atoms with van der Waals surface area (Å²) in [6.07, 6.45) is 0. The fraction of sp³-hybridized carbons (Fsp3) is 0.0625. The van der Waals surface area contributed by atoms with Gasteiger partial charge in [-0.2, -0.15) is 9.61 Å². The number of hydrogen-bond acceptors (Lipinski definition) is 5. The normalized spacial score (nSPS) is 11.1. The zero-order chi connectivity index (χ0) is 15.1. The number of fused-ring (bicyclic) bond motifs is 2. The van der Waals surface area contributed by atoms with Gasteiger partial charge in [-0.05, 0) is 36.4 Å². The molecule has 0 spiro atoms. The van der Waals surface area contributed by atoms with E-state index in [0.29, 0.717) is 15.9 Å². The van der Waals surface area contributed by atoms with Gasteiger partial charge in [-0.1, -0.05) is 23.5 Å². The number of rotatable bonds is 2. The van der Waals surface area contributed by atoms with Crippen LogP contribution in [0.3, 0.4) is 0 Å². The van der Waals surface area contributed by atoms with E-state index in [1.165, 1.54) is 15.9 Å². The molecule has 0 aliphatic carbocycles. The van der Waals surface area contributed by atoms with Gasteiger partial charge in [0.1, 0.15) is 10.8 Å². The molecule has 0 fully saturated rings. The van der Waals surface area contributed by atoms with Crippen LogP contribution in [0.5, 0.6) is 5.75 Å². The maximum absolute atomic E-state index is 12.5. The SMILES string of the molecule is COc1ccc(-c2nn3c(=O)c4ccccc4nc3s2)cc1. The summed E-state index contributed by atoms with van der Waals surface area (Å²) < 4.78 is 6.52. The summed E-state index contributed by atoms with van der Waals surface area (Å²) in [5, 5.41) is 5.74. The van der Waals surface area contributed by atoms with Gasteiger partial charge in [-0.15, -0.1) is 0 Å². The fourth-order valence-electron chi connectivity index (χ4n) is 2.31. The maximum Gasteiger partial charge on any atom is 0.283 e. The van der Waals surface area contributed by atoms with Crippen LogP contribution in [0.1, 0.15) is 0 Å². The minimum Gasteiger partial charge on any atom is -0.497 e. The average Bonchev–Trinajstić information content (AvgIpc) is 2.99. The molecule has 2 aromatic carbocycles. The topological polar surface area (TPSA) is 56.5 Å². The smallest absolute Gasteiger partial charge is 0.283 e. The molecule has 0 aliphatic heterocycles. The van der Waals surface area contributed by atoms with Gasteiger partial charge in [0.2, 0.25) is 4.96 Å². The molecule has 2 aromatic heterocycles. The van der Waals surface area contributed by atoms with Crippen molar-refractivity contribution in [3.8, 4) is 16.3 Å². The first-order valence-electron chi connectivity index (χ1n) is 6.69. The molecular formula is C16H11N3O2S. The van der Waals surface area contributed by atoms with Crippen molar-refractivity contribution in [3.63, 3.8) is 0 Å². The molecule has 0 radical (unpaired) electrons. The summed E-state index contributed by atoms with van der Waals surface area (Å²) in [7, 11) is 1.63. The van der Waals surface area contributed by atoms with Crippen LogP contribution in [-0.4, -0.2) is 21.7 Å². The summed E-state index contributed by atoms with van der Waals surface area (Å²) in [5.74, 6) is 0.783. The molecule has 0 N–H and O–H groups in total. The van der Waals surface area contributed by atoms with E-state index in [2.05, 4.69) is 10.1 Å². The molecule has 4 aromatic rings. The predicted molar refractivity (Wildman–Crippen MR) is 86.6 cm³/mol. The highest BCUT2D eigenvalue weighted by atomic mass is 32.1. The van der Waals surface area contributed by atoms with Crippen molar-refractivity contribution in [2.24, 2.45) is 0 Å². The van der Waals surface area contributed by atoms with Crippen molar-refractivity contribution in [3.05, 3.63) is 58.9 Å². The van der Waals surface area contributed by atoms with E-state index >= 15 is 0 Å². The van der Waals surface area contributed by atoms with Crippen LogP contribution >= 0.6 is 11.3 Å². The molecule has 6 heteroatoms. The van der Waals surface area contributed by atoms with E-state index in [-0.39, 0.29) is 5.56 Å². The van der Waals surface area contributed by atoms with Gasteiger partial charge >= 0.3 is 0 Å². The zero-order valence-corrected chi connectivity index (χ0v) is 12.5. The third kappa shape index (κ3) is 1.96. The molecule has 0 amide bonds. The van der Waals surface area contributed by atoms with Crippen LogP contribution in [-0.2, 0) is 0 Å².